The number of rotatable bonds is 4. The highest BCUT2D eigenvalue weighted by Crippen LogP contribution is 2.20. The van der Waals surface area contributed by atoms with Gasteiger partial charge in [-0.3, -0.25) is 0 Å². The zero-order chi connectivity index (χ0) is 13.0. The fourth-order valence-electron chi connectivity index (χ4n) is 1.73. The normalized spacial score (nSPS) is 10.6. The van der Waals surface area contributed by atoms with E-state index in [-0.39, 0.29) is 0 Å². The van der Waals surface area contributed by atoms with Gasteiger partial charge in [0, 0.05) is 23.1 Å². The van der Waals surface area contributed by atoms with Gasteiger partial charge in [0.15, 0.2) is 0 Å². The summed E-state index contributed by atoms with van der Waals surface area (Å²) >= 11 is 12.0. The standard InChI is InChI=1S/C15H15Cl2N/c1-11-2-4-12(5-3-11)9-18-10-13-8-14(16)6-7-15(13)17/h2-8,18H,9-10H2,1H3. The first kappa shape index (κ1) is 13.4. The predicted octanol–water partition coefficient (Wildman–Crippen LogP) is 4.59. The molecule has 3 heteroatoms. The Bertz CT molecular complexity index is 521. The number of aryl methyl sites for hydroxylation is 1. The average Bonchev–Trinajstić information content (AvgIpc) is 2.36. The van der Waals surface area contributed by atoms with Gasteiger partial charge in [-0.05, 0) is 36.2 Å². The number of benzene rings is 2. The lowest BCUT2D eigenvalue weighted by Gasteiger charge is -2.07. The predicted molar refractivity (Wildman–Crippen MR) is 78.2 cm³/mol. The van der Waals surface area contributed by atoms with E-state index in [4.69, 9.17) is 23.2 Å². The quantitative estimate of drug-likeness (QED) is 0.863. The van der Waals surface area contributed by atoms with Crippen LogP contribution in [0.15, 0.2) is 42.5 Å². The van der Waals surface area contributed by atoms with Crippen molar-refractivity contribution in [3.63, 3.8) is 0 Å². The summed E-state index contributed by atoms with van der Waals surface area (Å²) in [6.07, 6.45) is 0. The van der Waals surface area contributed by atoms with E-state index in [1.165, 1.54) is 11.1 Å². The molecule has 2 aromatic carbocycles. The van der Waals surface area contributed by atoms with Crippen LogP contribution in [0.4, 0.5) is 0 Å². The molecule has 0 aliphatic carbocycles. The molecule has 1 N–H and O–H groups in total. The molecule has 0 amide bonds. The molecule has 2 rings (SSSR count). The minimum atomic E-state index is 0.714. The summed E-state index contributed by atoms with van der Waals surface area (Å²) in [5.41, 5.74) is 3.56. The maximum absolute atomic E-state index is 6.10. The Kier molecular flexibility index (Phi) is 4.65. The number of halogens is 2. The van der Waals surface area contributed by atoms with Crippen LogP contribution in [0.1, 0.15) is 16.7 Å². The number of nitrogens with one attached hydrogen (secondary N) is 1. The molecule has 18 heavy (non-hydrogen) atoms. The Balaban J connectivity index is 1.92. The van der Waals surface area contributed by atoms with Crippen LogP contribution in [0.5, 0.6) is 0 Å². The Morgan fingerprint density at radius 1 is 0.944 bits per heavy atom. The van der Waals surface area contributed by atoms with Crippen molar-refractivity contribution >= 4 is 23.2 Å². The van der Waals surface area contributed by atoms with Crippen molar-refractivity contribution in [2.24, 2.45) is 0 Å². The second-order valence-corrected chi connectivity index (χ2v) is 5.17. The van der Waals surface area contributed by atoms with Crippen molar-refractivity contribution < 1.29 is 0 Å². The maximum atomic E-state index is 6.10. The molecule has 0 aromatic heterocycles. The molecule has 2 aromatic rings. The van der Waals surface area contributed by atoms with Gasteiger partial charge in [0.1, 0.15) is 0 Å². The summed E-state index contributed by atoms with van der Waals surface area (Å²) in [5.74, 6) is 0. The van der Waals surface area contributed by atoms with Crippen molar-refractivity contribution in [3.05, 3.63) is 69.2 Å². The van der Waals surface area contributed by atoms with Gasteiger partial charge in [-0.1, -0.05) is 53.0 Å². The molecule has 0 atom stereocenters. The molecule has 0 radical (unpaired) electrons. The van der Waals surface area contributed by atoms with E-state index in [2.05, 4.69) is 36.5 Å². The molecular formula is C15H15Cl2N. The van der Waals surface area contributed by atoms with Gasteiger partial charge >= 0.3 is 0 Å². The molecule has 0 aliphatic rings. The van der Waals surface area contributed by atoms with Crippen LogP contribution in [0.25, 0.3) is 0 Å². The minimum absolute atomic E-state index is 0.714. The van der Waals surface area contributed by atoms with E-state index in [0.29, 0.717) is 11.6 Å². The van der Waals surface area contributed by atoms with E-state index in [1.54, 1.807) is 6.07 Å². The second-order valence-electron chi connectivity index (χ2n) is 4.32. The van der Waals surface area contributed by atoms with Crippen molar-refractivity contribution in [3.8, 4) is 0 Å². The summed E-state index contributed by atoms with van der Waals surface area (Å²) in [7, 11) is 0. The third-order valence-corrected chi connectivity index (χ3v) is 3.38. The van der Waals surface area contributed by atoms with Crippen LogP contribution in [0.2, 0.25) is 10.0 Å². The molecule has 0 saturated carbocycles. The third kappa shape index (κ3) is 3.74. The van der Waals surface area contributed by atoms with Crippen LogP contribution in [0, 0.1) is 6.92 Å². The molecule has 0 saturated heterocycles. The van der Waals surface area contributed by atoms with Crippen molar-refractivity contribution in [1.82, 2.24) is 5.32 Å². The number of hydrogen-bond acceptors (Lipinski definition) is 1. The second kappa shape index (κ2) is 6.24. The van der Waals surface area contributed by atoms with Gasteiger partial charge in [-0.15, -0.1) is 0 Å². The monoisotopic (exact) mass is 279 g/mol. The van der Waals surface area contributed by atoms with E-state index >= 15 is 0 Å². The van der Waals surface area contributed by atoms with E-state index < -0.39 is 0 Å². The van der Waals surface area contributed by atoms with Gasteiger partial charge in [-0.25, -0.2) is 0 Å². The number of hydrogen-bond donors (Lipinski definition) is 1. The highest BCUT2D eigenvalue weighted by atomic mass is 35.5. The Hall–Kier alpha value is -1.02. The van der Waals surface area contributed by atoms with Gasteiger partial charge in [0.2, 0.25) is 0 Å². The lowest BCUT2D eigenvalue weighted by molar-refractivity contribution is 0.693. The van der Waals surface area contributed by atoms with Crippen LogP contribution < -0.4 is 5.32 Å². The molecule has 0 fully saturated rings. The minimum Gasteiger partial charge on any atom is -0.309 e. The fourth-order valence-corrected chi connectivity index (χ4v) is 2.11. The van der Waals surface area contributed by atoms with Crippen LogP contribution >= 0.6 is 23.2 Å². The first-order valence-electron chi connectivity index (χ1n) is 5.85. The highest BCUT2D eigenvalue weighted by molar-refractivity contribution is 6.33. The zero-order valence-corrected chi connectivity index (χ0v) is 11.7. The molecule has 0 heterocycles. The largest absolute Gasteiger partial charge is 0.309 e. The third-order valence-electron chi connectivity index (χ3n) is 2.77. The highest BCUT2D eigenvalue weighted by Gasteiger charge is 2.01. The first-order chi connectivity index (χ1) is 8.65. The van der Waals surface area contributed by atoms with Crippen molar-refractivity contribution in [2.45, 2.75) is 20.0 Å². The van der Waals surface area contributed by atoms with Crippen LogP contribution in [-0.2, 0) is 13.1 Å². The summed E-state index contributed by atoms with van der Waals surface area (Å²) in [6.45, 7) is 3.62. The van der Waals surface area contributed by atoms with Crippen LogP contribution in [-0.4, -0.2) is 0 Å². The summed E-state index contributed by atoms with van der Waals surface area (Å²) in [4.78, 5) is 0. The lowest BCUT2D eigenvalue weighted by atomic mass is 10.1. The van der Waals surface area contributed by atoms with Crippen molar-refractivity contribution in [1.29, 1.82) is 0 Å². The molecule has 0 aliphatic heterocycles. The molecule has 0 bridgehead atoms. The van der Waals surface area contributed by atoms with Crippen molar-refractivity contribution in [2.75, 3.05) is 0 Å². The summed E-state index contributed by atoms with van der Waals surface area (Å²) < 4.78 is 0. The summed E-state index contributed by atoms with van der Waals surface area (Å²) in [6, 6.07) is 14.0. The molecule has 94 valence electrons. The Labute approximate surface area is 118 Å². The topological polar surface area (TPSA) is 12.0 Å². The van der Waals surface area contributed by atoms with E-state index in [1.807, 2.05) is 12.1 Å². The smallest absolute Gasteiger partial charge is 0.0451 e. The lowest BCUT2D eigenvalue weighted by Crippen LogP contribution is -2.12. The summed E-state index contributed by atoms with van der Waals surface area (Å²) in [5, 5.41) is 4.82. The van der Waals surface area contributed by atoms with Gasteiger partial charge in [-0.2, -0.15) is 0 Å². The van der Waals surface area contributed by atoms with Gasteiger partial charge in [0.05, 0.1) is 0 Å². The van der Waals surface area contributed by atoms with E-state index in [9.17, 15) is 0 Å². The van der Waals surface area contributed by atoms with Crippen LogP contribution in [0.3, 0.4) is 0 Å². The first-order valence-corrected chi connectivity index (χ1v) is 6.61. The van der Waals surface area contributed by atoms with E-state index in [0.717, 1.165) is 17.1 Å². The molecular weight excluding hydrogens is 265 g/mol. The van der Waals surface area contributed by atoms with Gasteiger partial charge < -0.3 is 5.32 Å². The Morgan fingerprint density at radius 2 is 1.67 bits per heavy atom. The average molecular weight is 280 g/mol. The Morgan fingerprint density at radius 3 is 2.39 bits per heavy atom. The molecule has 0 spiro atoms. The fraction of sp³-hybridized carbons (Fsp3) is 0.200. The SMILES string of the molecule is Cc1ccc(CNCc2cc(Cl)ccc2Cl)cc1. The van der Waals surface area contributed by atoms with Gasteiger partial charge in [0.25, 0.3) is 0 Å². The molecule has 1 nitrogen and oxygen atoms in total. The maximum Gasteiger partial charge on any atom is 0.0451 e. The molecule has 0 unspecified atom stereocenters. The zero-order valence-electron chi connectivity index (χ0n) is 10.2.